The number of hydrogen-bond acceptors (Lipinski definition) is 5. The number of aliphatic hydroxyl groups excluding tert-OH is 1. The van der Waals surface area contributed by atoms with Crippen LogP contribution in [0.5, 0.6) is 5.75 Å². The average molecular weight is 473 g/mol. The fraction of sp³-hybridized carbons (Fsp3) is 0.176. The van der Waals surface area contributed by atoms with Gasteiger partial charge in [-0.1, -0.05) is 11.6 Å². The van der Waals surface area contributed by atoms with Crippen LogP contribution in [0, 0.1) is 14.9 Å². The molecular formula is C17H14ClIN2O4. The summed E-state index contributed by atoms with van der Waals surface area (Å²) in [6.07, 6.45) is 0. The predicted molar refractivity (Wildman–Crippen MR) is 102 cm³/mol. The van der Waals surface area contributed by atoms with Gasteiger partial charge in [-0.25, -0.2) is 4.79 Å². The van der Waals surface area contributed by atoms with E-state index in [4.69, 9.17) is 26.7 Å². The number of carboxylic acid groups (broad SMARTS) is 1. The van der Waals surface area contributed by atoms with Crippen molar-refractivity contribution in [1.29, 1.82) is 5.26 Å². The van der Waals surface area contributed by atoms with Crippen molar-refractivity contribution in [3.63, 3.8) is 0 Å². The second kappa shape index (κ2) is 8.89. The van der Waals surface area contributed by atoms with E-state index in [-0.39, 0.29) is 13.2 Å². The maximum Gasteiger partial charge on any atom is 0.330 e. The second-order valence-corrected chi connectivity index (χ2v) is 6.58. The largest absolute Gasteiger partial charge is 0.490 e. The van der Waals surface area contributed by atoms with Gasteiger partial charge in [0.05, 0.1) is 21.8 Å². The summed E-state index contributed by atoms with van der Waals surface area (Å²) < 4.78 is 6.16. The molecule has 0 aliphatic carbocycles. The third-order valence-corrected chi connectivity index (χ3v) is 4.28. The number of carboxylic acids is 1. The van der Waals surface area contributed by atoms with Crippen LogP contribution in [0.1, 0.15) is 17.2 Å². The molecule has 2 aromatic carbocycles. The summed E-state index contributed by atoms with van der Waals surface area (Å²) in [5, 5.41) is 30.8. The summed E-state index contributed by atoms with van der Waals surface area (Å²) in [7, 11) is 0. The Balaban J connectivity index is 2.42. The first-order chi connectivity index (χ1) is 12.0. The topological polar surface area (TPSA) is 103 Å². The van der Waals surface area contributed by atoms with E-state index in [0.717, 1.165) is 0 Å². The average Bonchev–Trinajstić information content (AvgIpc) is 2.58. The Morgan fingerprint density at radius 3 is 2.60 bits per heavy atom. The molecule has 0 aliphatic rings. The predicted octanol–water partition coefficient (Wildman–Crippen LogP) is 3.43. The fourth-order valence-electron chi connectivity index (χ4n) is 2.17. The molecule has 1 atom stereocenters. The molecule has 8 heteroatoms. The molecule has 0 bridgehead atoms. The number of rotatable bonds is 7. The Morgan fingerprint density at radius 2 is 2.04 bits per heavy atom. The Kier molecular flexibility index (Phi) is 6.87. The molecule has 2 rings (SSSR count). The molecule has 130 valence electrons. The van der Waals surface area contributed by atoms with Gasteiger partial charge in [-0.3, -0.25) is 0 Å². The summed E-state index contributed by atoms with van der Waals surface area (Å²) in [5.74, 6) is -0.760. The quantitative estimate of drug-likeness (QED) is 0.534. The standard InChI is InChI=1S/C17H14ClIN2O4/c18-11-7-13(16(14(19)8-11)25-6-5-22)15(17(23)24)21-12-3-1-10(9-20)2-4-12/h1-4,7-8,15,21-22H,5-6H2,(H,23,24). The first-order valence-corrected chi connectivity index (χ1v) is 8.64. The lowest BCUT2D eigenvalue weighted by molar-refractivity contribution is -0.138. The van der Waals surface area contributed by atoms with Gasteiger partial charge in [-0.15, -0.1) is 0 Å². The lowest BCUT2D eigenvalue weighted by Crippen LogP contribution is -2.22. The molecule has 0 aliphatic heterocycles. The van der Waals surface area contributed by atoms with Gasteiger partial charge >= 0.3 is 5.97 Å². The number of nitrogens with zero attached hydrogens (tertiary/aromatic N) is 1. The number of aliphatic carboxylic acids is 1. The van der Waals surface area contributed by atoms with Crippen LogP contribution < -0.4 is 10.1 Å². The van der Waals surface area contributed by atoms with Crippen molar-refractivity contribution in [2.75, 3.05) is 18.5 Å². The molecule has 0 radical (unpaired) electrons. The molecule has 1 unspecified atom stereocenters. The van der Waals surface area contributed by atoms with E-state index < -0.39 is 12.0 Å². The van der Waals surface area contributed by atoms with Crippen molar-refractivity contribution in [3.05, 3.63) is 56.1 Å². The third kappa shape index (κ3) is 4.98. The summed E-state index contributed by atoms with van der Waals surface area (Å²) in [5.41, 5.74) is 1.36. The molecule has 0 spiro atoms. The monoisotopic (exact) mass is 472 g/mol. The Hall–Kier alpha value is -2.02. The second-order valence-electron chi connectivity index (χ2n) is 4.98. The van der Waals surface area contributed by atoms with E-state index in [1.54, 1.807) is 30.3 Å². The Bertz CT molecular complexity index is 806. The molecule has 2 aromatic rings. The van der Waals surface area contributed by atoms with Crippen molar-refractivity contribution in [1.82, 2.24) is 0 Å². The van der Waals surface area contributed by atoms with Crippen molar-refractivity contribution < 1.29 is 19.7 Å². The van der Waals surface area contributed by atoms with Crippen LogP contribution in [0.15, 0.2) is 36.4 Å². The van der Waals surface area contributed by atoms with Gasteiger partial charge in [0, 0.05) is 16.3 Å². The minimum absolute atomic E-state index is 0.0356. The highest BCUT2D eigenvalue weighted by atomic mass is 127. The van der Waals surface area contributed by atoms with Gasteiger partial charge < -0.3 is 20.3 Å². The minimum atomic E-state index is -1.12. The van der Waals surface area contributed by atoms with E-state index in [2.05, 4.69) is 5.32 Å². The van der Waals surface area contributed by atoms with E-state index in [1.165, 1.54) is 6.07 Å². The molecule has 25 heavy (non-hydrogen) atoms. The first-order valence-electron chi connectivity index (χ1n) is 7.18. The van der Waals surface area contributed by atoms with Crippen LogP contribution in [-0.2, 0) is 4.79 Å². The van der Waals surface area contributed by atoms with Gasteiger partial charge in [0.15, 0.2) is 6.04 Å². The minimum Gasteiger partial charge on any atom is -0.490 e. The number of carbonyl (C=O) groups is 1. The number of hydrogen-bond donors (Lipinski definition) is 3. The van der Waals surface area contributed by atoms with Gasteiger partial charge in [0.25, 0.3) is 0 Å². The van der Waals surface area contributed by atoms with Gasteiger partial charge in [-0.05, 0) is 59.0 Å². The highest BCUT2D eigenvalue weighted by Crippen LogP contribution is 2.35. The molecule has 0 aromatic heterocycles. The van der Waals surface area contributed by atoms with E-state index >= 15 is 0 Å². The van der Waals surface area contributed by atoms with E-state index in [0.29, 0.717) is 31.2 Å². The van der Waals surface area contributed by atoms with Crippen LogP contribution in [0.4, 0.5) is 5.69 Å². The van der Waals surface area contributed by atoms with Crippen LogP contribution in [0.2, 0.25) is 5.02 Å². The summed E-state index contributed by atoms with van der Waals surface area (Å²) >= 11 is 8.08. The maximum atomic E-state index is 11.8. The number of anilines is 1. The SMILES string of the molecule is N#Cc1ccc(NC(C(=O)O)c2cc(Cl)cc(I)c2OCCO)cc1. The number of ether oxygens (including phenoxy) is 1. The highest BCUT2D eigenvalue weighted by molar-refractivity contribution is 14.1. The number of nitriles is 1. The van der Waals surface area contributed by atoms with Gasteiger partial charge in [0.1, 0.15) is 12.4 Å². The zero-order valence-electron chi connectivity index (χ0n) is 12.9. The van der Waals surface area contributed by atoms with Crippen LogP contribution in [0.3, 0.4) is 0 Å². The lowest BCUT2D eigenvalue weighted by Gasteiger charge is -2.21. The number of aliphatic hydroxyl groups is 1. The molecule has 0 saturated carbocycles. The first kappa shape index (κ1) is 19.3. The summed E-state index contributed by atoms with van der Waals surface area (Å²) in [4.78, 5) is 11.8. The number of benzene rings is 2. The maximum absolute atomic E-state index is 11.8. The summed E-state index contributed by atoms with van der Waals surface area (Å²) in [6.45, 7) is -0.160. The highest BCUT2D eigenvalue weighted by Gasteiger charge is 2.26. The number of halogens is 2. The van der Waals surface area contributed by atoms with Crippen molar-refractivity contribution >= 4 is 45.8 Å². The molecule has 0 saturated heterocycles. The Morgan fingerprint density at radius 1 is 1.36 bits per heavy atom. The molecular weight excluding hydrogens is 459 g/mol. The number of nitrogens with one attached hydrogen (secondary N) is 1. The van der Waals surface area contributed by atoms with Crippen molar-refractivity contribution in [2.45, 2.75) is 6.04 Å². The third-order valence-electron chi connectivity index (χ3n) is 3.26. The van der Waals surface area contributed by atoms with E-state index in [9.17, 15) is 9.90 Å². The van der Waals surface area contributed by atoms with Gasteiger partial charge in [-0.2, -0.15) is 5.26 Å². The fourth-order valence-corrected chi connectivity index (χ4v) is 3.39. The zero-order valence-corrected chi connectivity index (χ0v) is 15.8. The summed E-state index contributed by atoms with van der Waals surface area (Å²) in [6, 6.07) is 10.5. The van der Waals surface area contributed by atoms with Crippen LogP contribution in [-0.4, -0.2) is 29.4 Å². The molecule has 0 heterocycles. The van der Waals surface area contributed by atoms with Gasteiger partial charge in [0.2, 0.25) is 0 Å². The molecule has 0 amide bonds. The van der Waals surface area contributed by atoms with E-state index in [1.807, 2.05) is 28.7 Å². The van der Waals surface area contributed by atoms with Crippen LogP contribution in [0.25, 0.3) is 0 Å². The molecule has 6 nitrogen and oxygen atoms in total. The van der Waals surface area contributed by atoms with Crippen molar-refractivity contribution in [3.8, 4) is 11.8 Å². The zero-order chi connectivity index (χ0) is 18.4. The molecule has 3 N–H and O–H groups in total. The lowest BCUT2D eigenvalue weighted by atomic mass is 10.0. The smallest absolute Gasteiger partial charge is 0.330 e. The van der Waals surface area contributed by atoms with Crippen LogP contribution >= 0.6 is 34.2 Å². The Labute approximate surface area is 163 Å². The van der Waals surface area contributed by atoms with Crippen molar-refractivity contribution in [2.24, 2.45) is 0 Å². The molecule has 0 fully saturated rings. The normalized spacial score (nSPS) is 11.4.